The number of nitrogens with zero attached hydrogens (tertiary/aromatic N) is 5. The van der Waals surface area contributed by atoms with Gasteiger partial charge in [0.15, 0.2) is 11.6 Å². The molecule has 11 heteroatoms. The first-order chi connectivity index (χ1) is 18.2. The fourth-order valence-electron chi connectivity index (χ4n) is 5.03. The Balaban J connectivity index is 1.21. The Morgan fingerprint density at radius 1 is 1.16 bits per heavy atom. The Bertz CT molecular complexity index is 1400. The average Bonchev–Trinajstić information content (AvgIpc) is 3.48. The lowest BCUT2D eigenvalue weighted by Crippen LogP contribution is -2.50. The van der Waals surface area contributed by atoms with Crippen molar-refractivity contribution in [2.75, 3.05) is 29.9 Å². The van der Waals surface area contributed by atoms with E-state index in [1.807, 2.05) is 37.8 Å². The van der Waals surface area contributed by atoms with Crippen molar-refractivity contribution in [1.82, 2.24) is 19.9 Å². The van der Waals surface area contributed by atoms with Gasteiger partial charge < -0.3 is 24.6 Å². The normalized spacial score (nSPS) is 20.8. The zero-order chi connectivity index (χ0) is 26.6. The van der Waals surface area contributed by atoms with Crippen LogP contribution in [0.4, 0.5) is 26.5 Å². The fourth-order valence-corrected chi connectivity index (χ4v) is 5.25. The highest BCUT2D eigenvalue weighted by Gasteiger charge is 2.47. The lowest BCUT2D eigenvalue weighted by Gasteiger charge is -2.35. The molecular formula is C27H30ClFN6O3. The van der Waals surface area contributed by atoms with Crippen molar-refractivity contribution in [3.63, 3.8) is 0 Å². The van der Waals surface area contributed by atoms with Crippen molar-refractivity contribution in [2.24, 2.45) is 5.92 Å². The number of hydrogen-bond acceptors (Lipinski definition) is 8. The van der Waals surface area contributed by atoms with E-state index >= 15 is 4.39 Å². The van der Waals surface area contributed by atoms with Gasteiger partial charge >= 0.3 is 6.09 Å². The second-order valence-corrected chi connectivity index (χ2v) is 11.6. The van der Waals surface area contributed by atoms with E-state index < -0.39 is 11.4 Å². The molecular weight excluding hydrogens is 511 g/mol. The van der Waals surface area contributed by atoms with Crippen LogP contribution in [0.5, 0.6) is 5.75 Å². The summed E-state index contributed by atoms with van der Waals surface area (Å²) in [4.78, 5) is 30.2. The number of nitrogens with one attached hydrogen (secondary N) is 1. The molecule has 6 rings (SSSR count). The number of ether oxygens (including phenoxy) is 2. The molecule has 1 aromatic carbocycles. The summed E-state index contributed by atoms with van der Waals surface area (Å²) in [6.45, 7) is 7.39. The summed E-state index contributed by atoms with van der Waals surface area (Å²) >= 11 is 6.27. The molecule has 200 valence electrons. The van der Waals surface area contributed by atoms with E-state index in [9.17, 15) is 4.79 Å². The van der Waals surface area contributed by atoms with Gasteiger partial charge in [0.2, 0.25) is 0 Å². The smallest absolute Gasteiger partial charge is 0.410 e. The van der Waals surface area contributed by atoms with E-state index in [0.717, 1.165) is 25.1 Å². The minimum absolute atomic E-state index is 0.0638. The van der Waals surface area contributed by atoms with Crippen LogP contribution in [0.2, 0.25) is 5.02 Å². The molecule has 2 bridgehead atoms. The third-order valence-electron chi connectivity index (χ3n) is 7.10. The SMILES string of the molecule is CC(C)(C)OC(=O)N1C[C@@H]2C[C@H]1CN2c1ccc2ncnc(Nc3ccc(OCC4CC4)c(Cl)c3F)c2n1. The van der Waals surface area contributed by atoms with E-state index in [1.165, 1.54) is 6.33 Å². The van der Waals surface area contributed by atoms with Crippen LogP contribution in [0.15, 0.2) is 30.6 Å². The molecule has 1 aliphatic carbocycles. The number of carbonyl (C=O) groups is 1. The molecule has 2 saturated heterocycles. The molecule has 0 unspecified atom stereocenters. The Morgan fingerprint density at radius 3 is 2.68 bits per heavy atom. The van der Waals surface area contributed by atoms with Gasteiger partial charge in [-0.05, 0) is 70.2 Å². The molecule has 2 aromatic heterocycles. The van der Waals surface area contributed by atoms with Gasteiger partial charge in [-0.1, -0.05) is 11.6 Å². The number of halogens is 2. The number of fused-ring (bicyclic) bond motifs is 3. The highest BCUT2D eigenvalue weighted by atomic mass is 35.5. The van der Waals surface area contributed by atoms with Gasteiger partial charge in [0.05, 0.1) is 29.9 Å². The summed E-state index contributed by atoms with van der Waals surface area (Å²) in [6.07, 6.45) is 4.26. The number of piperazine rings is 1. The third kappa shape index (κ3) is 4.89. The average molecular weight is 541 g/mol. The molecule has 2 atom stereocenters. The number of hydrogen-bond donors (Lipinski definition) is 1. The second kappa shape index (κ2) is 9.41. The van der Waals surface area contributed by atoms with E-state index in [1.54, 1.807) is 12.1 Å². The summed E-state index contributed by atoms with van der Waals surface area (Å²) in [7, 11) is 0. The van der Waals surface area contributed by atoms with Crippen LogP contribution < -0.4 is 15.0 Å². The molecule has 4 heterocycles. The van der Waals surface area contributed by atoms with Gasteiger partial charge in [-0.15, -0.1) is 0 Å². The van der Waals surface area contributed by atoms with Crippen molar-refractivity contribution in [3.8, 4) is 5.75 Å². The molecule has 0 spiro atoms. The van der Waals surface area contributed by atoms with Crippen LogP contribution in [0.3, 0.4) is 0 Å². The van der Waals surface area contributed by atoms with Gasteiger partial charge in [-0.3, -0.25) is 0 Å². The van der Waals surface area contributed by atoms with E-state index in [4.69, 9.17) is 26.1 Å². The monoisotopic (exact) mass is 540 g/mol. The molecule has 1 N–H and O–H groups in total. The molecule has 9 nitrogen and oxygen atoms in total. The Kier molecular flexibility index (Phi) is 6.17. The quantitative estimate of drug-likeness (QED) is 0.435. The van der Waals surface area contributed by atoms with E-state index in [2.05, 4.69) is 20.2 Å². The lowest BCUT2D eigenvalue weighted by atomic mass is 10.2. The minimum Gasteiger partial charge on any atom is -0.492 e. The van der Waals surface area contributed by atoms with E-state index in [-0.39, 0.29) is 28.9 Å². The van der Waals surface area contributed by atoms with Crippen LogP contribution in [0.25, 0.3) is 11.0 Å². The second-order valence-electron chi connectivity index (χ2n) is 11.2. The number of amides is 1. The Hall–Kier alpha value is -3.40. The lowest BCUT2D eigenvalue weighted by molar-refractivity contribution is 0.0214. The van der Waals surface area contributed by atoms with Gasteiger partial charge in [-0.25, -0.2) is 24.1 Å². The first kappa shape index (κ1) is 24.9. The van der Waals surface area contributed by atoms with Gasteiger partial charge in [0.25, 0.3) is 0 Å². The molecule has 1 saturated carbocycles. The minimum atomic E-state index is -0.609. The van der Waals surface area contributed by atoms with Crippen LogP contribution in [-0.2, 0) is 4.74 Å². The van der Waals surface area contributed by atoms with Gasteiger partial charge in [-0.2, -0.15) is 0 Å². The summed E-state index contributed by atoms with van der Waals surface area (Å²) in [5.74, 6) is 1.39. The predicted molar refractivity (Wildman–Crippen MR) is 143 cm³/mol. The van der Waals surface area contributed by atoms with Gasteiger partial charge in [0, 0.05) is 13.1 Å². The van der Waals surface area contributed by atoms with Crippen LogP contribution in [0, 0.1) is 11.7 Å². The van der Waals surface area contributed by atoms with Crippen LogP contribution in [0.1, 0.15) is 40.0 Å². The Morgan fingerprint density at radius 2 is 1.97 bits per heavy atom. The first-order valence-corrected chi connectivity index (χ1v) is 13.3. The third-order valence-corrected chi connectivity index (χ3v) is 7.45. The standard InChI is InChI=1S/C27H30ClFN6O3/c1-27(2,3)38-26(36)35-12-16-10-17(35)11-34(16)21-9-7-19-24(33-21)25(31-14-30-19)32-18-6-8-20(22(28)23(18)29)37-13-15-4-5-15/h6-9,14-17H,4-5,10-13H2,1-3H3,(H,30,31,32)/t16-,17-/m0/s1. The maximum Gasteiger partial charge on any atom is 0.410 e. The summed E-state index contributed by atoms with van der Waals surface area (Å²) in [5, 5.41) is 2.97. The molecule has 1 amide bonds. The summed E-state index contributed by atoms with van der Waals surface area (Å²) < 4.78 is 26.4. The molecule has 2 aliphatic heterocycles. The number of pyridine rings is 1. The van der Waals surface area contributed by atoms with Crippen molar-refractivity contribution >= 4 is 46.1 Å². The Labute approximate surface area is 225 Å². The largest absolute Gasteiger partial charge is 0.492 e. The topological polar surface area (TPSA) is 92.7 Å². The summed E-state index contributed by atoms with van der Waals surface area (Å²) in [6, 6.07) is 7.25. The number of carbonyl (C=O) groups excluding carboxylic acids is 1. The zero-order valence-corrected chi connectivity index (χ0v) is 22.3. The number of aromatic nitrogens is 3. The van der Waals surface area contributed by atoms with Crippen molar-refractivity contribution in [2.45, 2.75) is 57.7 Å². The maximum atomic E-state index is 15.1. The van der Waals surface area contributed by atoms with E-state index in [0.29, 0.717) is 48.2 Å². The van der Waals surface area contributed by atoms with Crippen molar-refractivity contribution < 1.29 is 18.7 Å². The fraction of sp³-hybridized carbons (Fsp3) is 0.481. The number of likely N-dealkylation sites (tertiary alicyclic amines) is 1. The first-order valence-electron chi connectivity index (χ1n) is 12.9. The molecule has 3 aliphatic rings. The number of benzene rings is 1. The molecule has 3 aromatic rings. The number of anilines is 3. The van der Waals surface area contributed by atoms with Crippen molar-refractivity contribution in [3.05, 3.63) is 41.4 Å². The molecule has 38 heavy (non-hydrogen) atoms. The maximum absolute atomic E-state index is 15.1. The molecule has 3 fully saturated rings. The zero-order valence-electron chi connectivity index (χ0n) is 21.6. The van der Waals surface area contributed by atoms with Crippen LogP contribution in [-0.4, -0.2) is 63.3 Å². The highest BCUT2D eigenvalue weighted by Crippen LogP contribution is 2.38. The predicted octanol–water partition coefficient (Wildman–Crippen LogP) is 5.55. The van der Waals surface area contributed by atoms with Crippen molar-refractivity contribution in [1.29, 1.82) is 0 Å². The summed E-state index contributed by atoms with van der Waals surface area (Å²) in [5.41, 5.74) is 0.785. The highest BCUT2D eigenvalue weighted by molar-refractivity contribution is 6.32. The van der Waals surface area contributed by atoms with Crippen LogP contribution >= 0.6 is 11.6 Å². The van der Waals surface area contributed by atoms with Gasteiger partial charge in [0.1, 0.15) is 34.0 Å². The number of rotatable bonds is 6. The molecule has 0 radical (unpaired) electrons.